The summed E-state index contributed by atoms with van der Waals surface area (Å²) < 4.78 is 5.28. The summed E-state index contributed by atoms with van der Waals surface area (Å²) in [7, 11) is 0. The van der Waals surface area contributed by atoms with E-state index in [1.165, 1.54) is 11.3 Å². The molecule has 0 radical (unpaired) electrons. The van der Waals surface area contributed by atoms with E-state index in [1.807, 2.05) is 34.5 Å². The van der Waals surface area contributed by atoms with Gasteiger partial charge in [-0.15, -0.1) is 11.3 Å². The first-order chi connectivity index (χ1) is 18.4. The lowest BCUT2D eigenvalue weighted by Gasteiger charge is -2.37. The van der Waals surface area contributed by atoms with Gasteiger partial charge < -0.3 is 20.1 Å². The Kier molecular flexibility index (Phi) is 7.70. The molecular formula is C26H30N6O5S. The van der Waals surface area contributed by atoms with Crippen LogP contribution in [0.25, 0.3) is 0 Å². The number of esters is 1. The molecule has 3 aliphatic rings. The Balaban J connectivity index is 1.26. The molecule has 38 heavy (non-hydrogen) atoms. The molecule has 2 saturated heterocycles. The molecular weight excluding hydrogens is 508 g/mol. The standard InChI is InChI=1S/C26H30N6O5S/c1-2-37-25(35)20-13-28-23(24-27-9-12-38-24)29-21(20)16-30-10-11-31-19(14-30)15-32(26(31)36)18-6-3-17(4-7-18)5-8-22(33)34/h3-4,6-7,9,12,19H,2,5,8,10-11,13-16H2,1H3,(H,28,29)(H,33,34)/t19-/m0/s1. The lowest BCUT2D eigenvalue weighted by molar-refractivity contribution is -0.139. The minimum absolute atomic E-state index is 0.0188. The number of nitrogens with zero attached hydrogens (tertiary/aromatic N) is 5. The van der Waals surface area contributed by atoms with Crippen molar-refractivity contribution in [1.82, 2.24) is 20.1 Å². The normalized spacial score (nSPS) is 19.8. The van der Waals surface area contributed by atoms with Gasteiger partial charge in [0.05, 0.1) is 24.8 Å². The second-order valence-corrected chi connectivity index (χ2v) is 10.2. The van der Waals surface area contributed by atoms with E-state index in [1.54, 1.807) is 18.0 Å². The fraction of sp³-hybridized carbons (Fsp3) is 0.423. The lowest BCUT2D eigenvalue weighted by Crippen LogP contribution is -2.53. The van der Waals surface area contributed by atoms with Gasteiger partial charge in [0.2, 0.25) is 0 Å². The van der Waals surface area contributed by atoms with E-state index in [4.69, 9.17) is 9.84 Å². The predicted molar refractivity (Wildman–Crippen MR) is 142 cm³/mol. The van der Waals surface area contributed by atoms with Gasteiger partial charge in [0.25, 0.3) is 0 Å². The Morgan fingerprint density at radius 1 is 1.21 bits per heavy atom. The van der Waals surface area contributed by atoms with Gasteiger partial charge in [-0.1, -0.05) is 12.1 Å². The highest BCUT2D eigenvalue weighted by Crippen LogP contribution is 2.27. The molecule has 0 unspecified atom stereocenters. The Morgan fingerprint density at radius 3 is 2.74 bits per heavy atom. The molecule has 2 fully saturated rings. The van der Waals surface area contributed by atoms with E-state index in [2.05, 4.69) is 20.2 Å². The van der Waals surface area contributed by atoms with Crippen molar-refractivity contribution in [1.29, 1.82) is 0 Å². The molecule has 12 heteroatoms. The second-order valence-electron chi connectivity index (χ2n) is 9.34. The smallest absolute Gasteiger partial charge is 0.337 e. The number of hydrogen-bond donors (Lipinski definition) is 2. The average Bonchev–Trinajstić information content (AvgIpc) is 3.56. The number of urea groups is 1. The number of aromatic nitrogens is 1. The van der Waals surface area contributed by atoms with Gasteiger partial charge in [0.1, 0.15) is 0 Å². The van der Waals surface area contributed by atoms with Crippen molar-refractivity contribution in [2.24, 2.45) is 4.99 Å². The fourth-order valence-corrected chi connectivity index (χ4v) is 5.56. The van der Waals surface area contributed by atoms with Gasteiger partial charge in [-0.05, 0) is 31.0 Å². The minimum atomic E-state index is -0.828. The van der Waals surface area contributed by atoms with Crippen LogP contribution in [0.5, 0.6) is 0 Å². The number of aliphatic carboxylic acids is 1. The summed E-state index contributed by atoms with van der Waals surface area (Å²) in [4.78, 5) is 51.5. The predicted octanol–water partition coefficient (Wildman–Crippen LogP) is 1.95. The highest BCUT2D eigenvalue weighted by atomic mass is 32.1. The van der Waals surface area contributed by atoms with Crippen molar-refractivity contribution in [2.75, 3.05) is 50.8 Å². The number of rotatable bonds is 9. The van der Waals surface area contributed by atoms with Crippen molar-refractivity contribution >= 4 is 40.8 Å². The number of amidine groups is 1. The summed E-state index contributed by atoms with van der Waals surface area (Å²) in [6.07, 6.45) is 2.26. The Bertz CT molecular complexity index is 1260. The molecule has 0 aliphatic carbocycles. The summed E-state index contributed by atoms with van der Waals surface area (Å²) in [5.74, 6) is -0.550. The van der Waals surface area contributed by atoms with Crippen molar-refractivity contribution in [3.8, 4) is 0 Å². The third-order valence-electron chi connectivity index (χ3n) is 6.88. The number of carboxylic acid groups (broad SMARTS) is 1. The first-order valence-electron chi connectivity index (χ1n) is 12.6. The highest BCUT2D eigenvalue weighted by Gasteiger charge is 2.41. The zero-order valence-corrected chi connectivity index (χ0v) is 21.9. The summed E-state index contributed by atoms with van der Waals surface area (Å²) in [5.41, 5.74) is 3.01. The van der Waals surface area contributed by atoms with Crippen molar-refractivity contribution < 1.29 is 24.2 Å². The number of thiazole rings is 1. The van der Waals surface area contributed by atoms with Crippen molar-refractivity contribution in [2.45, 2.75) is 25.8 Å². The first kappa shape index (κ1) is 25.9. The number of ether oxygens (including phenoxy) is 1. The van der Waals surface area contributed by atoms with Gasteiger partial charge in [-0.25, -0.2) is 14.6 Å². The van der Waals surface area contributed by atoms with Gasteiger partial charge in [0.15, 0.2) is 10.8 Å². The molecule has 4 heterocycles. The van der Waals surface area contributed by atoms with Crippen LogP contribution in [0.15, 0.2) is 52.1 Å². The zero-order valence-electron chi connectivity index (χ0n) is 21.1. The van der Waals surface area contributed by atoms with Crippen molar-refractivity contribution in [3.63, 3.8) is 0 Å². The highest BCUT2D eigenvalue weighted by molar-refractivity contribution is 7.11. The van der Waals surface area contributed by atoms with Crippen LogP contribution in [0.2, 0.25) is 0 Å². The van der Waals surface area contributed by atoms with Gasteiger partial charge in [0, 0.05) is 62.1 Å². The monoisotopic (exact) mass is 538 g/mol. The zero-order chi connectivity index (χ0) is 26.6. The van der Waals surface area contributed by atoms with Crippen LogP contribution in [0.1, 0.15) is 23.9 Å². The largest absolute Gasteiger partial charge is 0.481 e. The summed E-state index contributed by atoms with van der Waals surface area (Å²) in [5, 5.41) is 14.9. The maximum Gasteiger partial charge on any atom is 0.337 e. The summed E-state index contributed by atoms with van der Waals surface area (Å²) >= 11 is 1.48. The molecule has 2 aromatic rings. The topological polar surface area (TPSA) is 128 Å². The van der Waals surface area contributed by atoms with E-state index in [9.17, 15) is 14.4 Å². The SMILES string of the molecule is CCOC(=O)C1=C(CN2CCN3C(=O)N(c4ccc(CCC(=O)O)cc4)C[C@@H]3C2)NC(c2nccs2)=NC1. The van der Waals surface area contributed by atoms with Crippen LogP contribution in [0.4, 0.5) is 10.5 Å². The molecule has 5 rings (SSSR count). The molecule has 1 atom stereocenters. The maximum atomic E-state index is 13.2. The summed E-state index contributed by atoms with van der Waals surface area (Å²) in [6, 6.07) is 7.53. The Labute approximate surface area is 224 Å². The number of fused-ring (bicyclic) bond motifs is 1. The average molecular weight is 539 g/mol. The number of carboxylic acids is 1. The number of carbonyl (C=O) groups excluding carboxylic acids is 2. The number of carbonyl (C=O) groups is 3. The number of anilines is 1. The van der Waals surface area contributed by atoms with Crippen molar-refractivity contribution in [3.05, 3.63) is 57.7 Å². The molecule has 11 nitrogen and oxygen atoms in total. The number of benzene rings is 1. The molecule has 0 spiro atoms. The lowest BCUT2D eigenvalue weighted by atomic mass is 10.1. The number of hydrogen-bond acceptors (Lipinski definition) is 9. The Morgan fingerprint density at radius 2 is 2.03 bits per heavy atom. The molecule has 200 valence electrons. The molecule has 1 aromatic heterocycles. The van der Waals surface area contributed by atoms with E-state index >= 15 is 0 Å². The molecule has 0 saturated carbocycles. The third-order valence-corrected chi connectivity index (χ3v) is 7.66. The third kappa shape index (κ3) is 5.55. The van der Waals surface area contributed by atoms with Crippen LogP contribution in [-0.2, 0) is 20.7 Å². The van der Waals surface area contributed by atoms with E-state index in [0.29, 0.717) is 50.6 Å². The molecule has 0 bridgehead atoms. The Hall–Kier alpha value is -3.77. The number of nitrogens with one attached hydrogen (secondary N) is 1. The van der Waals surface area contributed by atoms with Crippen LogP contribution in [-0.4, -0.2) is 95.6 Å². The van der Waals surface area contributed by atoms with Crippen LogP contribution in [0.3, 0.4) is 0 Å². The number of piperazine rings is 1. The van der Waals surface area contributed by atoms with E-state index < -0.39 is 5.97 Å². The maximum absolute atomic E-state index is 13.2. The van der Waals surface area contributed by atoms with Gasteiger partial charge in [-0.2, -0.15) is 0 Å². The summed E-state index contributed by atoms with van der Waals surface area (Å²) in [6.45, 7) is 5.31. The number of aryl methyl sites for hydroxylation is 1. The second kappa shape index (κ2) is 11.3. The van der Waals surface area contributed by atoms with Gasteiger partial charge >= 0.3 is 18.0 Å². The minimum Gasteiger partial charge on any atom is -0.481 e. The van der Waals surface area contributed by atoms with Crippen LogP contribution >= 0.6 is 11.3 Å². The van der Waals surface area contributed by atoms with Crippen LogP contribution < -0.4 is 10.2 Å². The van der Waals surface area contributed by atoms with Crippen LogP contribution in [0, 0.1) is 0 Å². The molecule has 3 aliphatic heterocycles. The van der Waals surface area contributed by atoms with E-state index in [0.717, 1.165) is 22.0 Å². The number of amides is 2. The molecule has 1 aromatic carbocycles. The number of aliphatic imine (C=N–C) groups is 1. The fourth-order valence-electron chi connectivity index (χ4n) is 4.96. The van der Waals surface area contributed by atoms with E-state index in [-0.39, 0.29) is 37.6 Å². The first-order valence-corrected chi connectivity index (χ1v) is 13.5. The quantitative estimate of drug-likeness (QED) is 0.464. The molecule has 2 N–H and O–H groups in total. The van der Waals surface area contributed by atoms with Gasteiger partial charge in [-0.3, -0.25) is 19.6 Å². The molecule has 2 amide bonds.